The summed E-state index contributed by atoms with van der Waals surface area (Å²) >= 11 is 0. The minimum Gasteiger partial charge on any atom is -0.459 e. The predicted molar refractivity (Wildman–Crippen MR) is 124 cm³/mol. The van der Waals surface area contributed by atoms with Crippen LogP contribution >= 0.6 is 7.60 Å². The second-order valence-corrected chi connectivity index (χ2v) is 12.2. The van der Waals surface area contributed by atoms with Crippen LogP contribution in [-0.2, 0) is 28.0 Å². The van der Waals surface area contributed by atoms with Crippen LogP contribution in [0, 0.1) is 5.41 Å². The van der Waals surface area contributed by atoms with Gasteiger partial charge in [-0.3, -0.25) is 9.40 Å². The van der Waals surface area contributed by atoms with Crippen LogP contribution in [0.5, 0.6) is 0 Å². The highest BCUT2D eigenvalue weighted by atomic mass is 31.2. The van der Waals surface area contributed by atoms with Gasteiger partial charge in [0.05, 0.1) is 13.2 Å². The largest absolute Gasteiger partial charge is 0.459 e. The molecule has 0 aromatic heterocycles. The maximum Gasteiger partial charge on any atom is 0.350 e. The fourth-order valence-corrected chi connectivity index (χ4v) is 6.29. The molecule has 0 aromatic carbocycles. The van der Waals surface area contributed by atoms with Gasteiger partial charge in [-0.25, -0.2) is 4.79 Å². The number of rotatable bonds is 11. The van der Waals surface area contributed by atoms with Crippen LogP contribution in [-0.4, -0.2) is 48.3 Å². The monoisotopic (exact) mass is 461 g/mol. The molecule has 1 aliphatic rings. The molecule has 31 heavy (non-hydrogen) atoms. The zero-order valence-corrected chi connectivity index (χ0v) is 21.9. The number of hydroxylamine groups is 2. The Hall–Kier alpha value is -0.720. The third kappa shape index (κ3) is 8.62. The normalized spacial score (nSPS) is 17.9. The van der Waals surface area contributed by atoms with Gasteiger partial charge < -0.3 is 13.8 Å². The lowest BCUT2D eigenvalue weighted by atomic mass is 9.94. The minimum atomic E-state index is -3.59. The summed E-state index contributed by atoms with van der Waals surface area (Å²) in [4.78, 5) is 18.8. The summed E-state index contributed by atoms with van der Waals surface area (Å²) in [6.07, 6.45) is 5.60. The van der Waals surface area contributed by atoms with Crippen LogP contribution in [0.1, 0.15) is 88.0 Å². The quantitative estimate of drug-likeness (QED) is 0.159. The van der Waals surface area contributed by atoms with Crippen LogP contribution in [0.25, 0.3) is 0 Å². The summed E-state index contributed by atoms with van der Waals surface area (Å²) in [6.45, 7) is 17.7. The van der Waals surface area contributed by atoms with Gasteiger partial charge in [-0.05, 0) is 78.2 Å². The summed E-state index contributed by atoms with van der Waals surface area (Å²) in [5, 5.41) is 1.62. The summed E-state index contributed by atoms with van der Waals surface area (Å²) in [5.74, 6) is -1.17. The molecule has 2 unspecified atom stereocenters. The molecule has 0 spiro atoms. The van der Waals surface area contributed by atoms with Crippen molar-refractivity contribution in [3.05, 3.63) is 11.6 Å². The molecule has 0 saturated carbocycles. The SMILES string of the molecule is CCOP(=O)(OCC)C(N(OC(C)C(=O)OCC1=CCCCC1)C(C)(C)C)C(C)(C)C. The number of ether oxygens (including phenoxy) is 1. The second kappa shape index (κ2) is 11.9. The number of hydrogen-bond acceptors (Lipinski definition) is 7. The molecule has 8 heteroatoms. The first kappa shape index (κ1) is 28.3. The van der Waals surface area contributed by atoms with Crippen molar-refractivity contribution in [3.8, 4) is 0 Å². The first-order valence-electron chi connectivity index (χ1n) is 11.5. The highest BCUT2D eigenvalue weighted by Crippen LogP contribution is 2.60. The van der Waals surface area contributed by atoms with Crippen molar-refractivity contribution in [2.45, 2.75) is 105 Å². The molecule has 0 fully saturated rings. The maximum atomic E-state index is 13.8. The topological polar surface area (TPSA) is 74.3 Å². The molecular formula is C23H44NO6P. The highest BCUT2D eigenvalue weighted by molar-refractivity contribution is 7.54. The fraction of sp³-hybridized carbons (Fsp3) is 0.870. The predicted octanol–water partition coefficient (Wildman–Crippen LogP) is 6.09. The fourth-order valence-electron chi connectivity index (χ4n) is 3.61. The number of esters is 1. The zero-order valence-electron chi connectivity index (χ0n) is 21.0. The third-order valence-corrected chi connectivity index (χ3v) is 7.78. The van der Waals surface area contributed by atoms with Crippen LogP contribution in [0.3, 0.4) is 0 Å². The maximum absolute atomic E-state index is 13.8. The molecule has 0 aromatic rings. The van der Waals surface area contributed by atoms with E-state index in [1.165, 1.54) is 6.42 Å². The average molecular weight is 462 g/mol. The summed E-state index contributed by atoms with van der Waals surface area (Å²) in [6, 6.07) is 0. The summed E-state index contributed by atoms with van der Waals surface area (Å²) in [5.41, 5.74) is 0.0515. The van der Waals surface area contributed by atoms with Crippen molar-refractivity contribution < 1.29 is 28.0 Å². The van der Waals surface area contributed by atoms with Crippen molar-refractivity contribution in [1.29, 1.82) is 0 Å². The number of carbonyl (C=O) groups is 1. The van der Waals surface area contributed by atoms with Crippen molar-refractivity contribution in [3.63, 3.8) is 0 Å². The smallest absolute Gasteiger partial charge is 0.350 e. The van der Waals surface area contributed by atoms with Gasteiger partial charge in [-0.15, -0.1) is 0 Å². The Morgan fingerprint density at radius 3 is 2.10 bits per heavy atom. The number of nitrogens with zero attached hydrogens (tertiary/aromatic N) is 1. The van der Waals surface area contributed by atoms with Crippen LogP contribution < -0.4 is 0 Å². The van der Waals surface area contributed by atoms with Crippen LogP contribution in [0.15, 0.2) is 11.6 Å². The van der Waals surface area contributed by atoms with E-state index in [-0.39, 0.29) is 13.2 Å². The standard InChI is InChI=1S/C23H44NO6P/c1-10-28-31(26,29-11-2)21(22(4,5)6)24(23(7,8)9)30-18(3)20(25)27-17-19-15-13-12-14-16-19/h15,18,21H,10-14,16-17H2,1-9H3. The van der Waals surface area contributed by atoms with Gasteiger partial charge >= 0.3 is 13.6 Å². The van der Waals surface area contributed by atoms with Gasteiger partial charge in [0.1, 0.15) is 12.4 Å². The zero-order chi connectivity index (χ0) is 23.9. The lowest BCUT2D eigenvalue weighted by Crippen LogP contribution is -2.55. The molecule has 0 amide bonds. The Morgan fingerprint density at radius 1 is 1.10 bits per heavy atom. The van der Waals surface area contributed by atoms with E-state index in [4.69, 9.17) is 18.6 Å². The molecule has 0 bridgehead atoms. The Bertz CT molecular complexity index is 639. The lowest BCUT2D eigenvalue weighted by molar-refractivity contribution is -0.263. The molecule has 0 saturated heterocycles. The van der Waals surface area contributed by atoms with E-state index in [1.54, 1.807) is 25.8 Å². The molecule has 2 atom stereocenters. The van der Waals surface area contributed by atoms with E-state index in [1.807, 2.05) is 41.5 Å². The molecule has 0 heterocycles. The summed E-state index contributed by atoms with van der Waals surface area (Å²) < 4.78 is 30.7. The van der Waals surface area contributed by atoms with Gasteiger partial charge in [0.2, 0.25) is 0 Å². The van der Waals surface area contributed by atoms with E-state index in [0.29, 0.717) is 6.61 Å². The average Bonchev–Trinajstić information content (AvgIpc) is 2.64. The van der Waals surface area contributed by atoms with Crippen LogP contribution in [0.2, 0.25) is 0 Å². The number of hydrogen-bond donors (Lipinski definition) is 0. The number of allylic oxidation sites excluding steroid dienone is 1. The summed E-state index contributed by atoms with van der Waals surface area (Å²) in [7, 11) is -3.59. The molecule has 0 aliphatic heterocycles. The molecule has 1 aliphatic carbocycles. The molecular weight excluding hydrogens is 417 g/mol. The molecule has 182 valence electrons. The Balaban J connectivity index is 3.11. The van der Waals surface area contributed by atoms with Crippen molar-refractivity contribution >= 4 is 13.6 Å². The van der Waals surface area contributed by atoms with Crippen molar-refractivity contribution in [2.24, 2.45) is 5.41 Å². The first-order chi connectivity index (χ1) is 14.3. The lowest BCUT2D eigenvalue weighted by Gasteiger charge is -2.47. The molecule has 0 radical (unpaired) electrons. The Morgan fingerprint density at radius 2 is 1.68 bits per heavy atom. The van der Waals surface area contributed by atoms with Crippen LogP contribution in [0.4, 0.5) is 0 Å². The Labute approximate surface area is 189 Å². The Kier molecular flexibility index (Phi) is 10.9. The molecule has 1 rings (SSSR count). The van der Waals surface area contributed by atoms with E-state index >= 15 is 0 Å². The van der Waals surface area contributed by atoms with Gasteiger partial charge in [0.25, 0.3) is 0 Å². The highest BCUT2D eigenvalue weighted by Gasteiger charge is 2.52. The van der Waals surface area contributed by atoms with Crippen molar-refractivity contribution in [1.82, 2.24) is 5.06 Å². The second-order valence-electron chi connectivity index (χ2n) is 10.1. The van der Waals surface area contributed by atoms with E-state index in [2.05, 4.69) is 6.08 Å². The van der Waals surface area contributed by atoms with Gasteiger partial charge in [-0.2, -0.15) is 5.06 Å². The number of carbonyl (C=O) groups excluding carboxylic acids is 1. The van der Waals surface area contributed by atoms with Gasteiger partial charge in [0, 0.05) is 5.54 Å². The first-order valence-corrected chi connectivity index (χ1v) is 13.1. The molecule has 0 N–H and O–H groups in total. The van der Waals surface area contributed by atoms with E-state index in [9.17, 15) is 9.36 Å². The minimum absolute atomic E-state index is 0.245. The van der Waals surface area contributed by atoms with E-state index < -0.39 is 36.4 Å². The third-order valence-electron chi connectivity index (χ3n) is 4.96. The van der Waals surface area contributed by atoms with E-state index in [0.717, 1.165) is 24.8 Å². The van der Waals surface area contributed by atoms with Crippen molar-refractivity contribution in [2.75, 3.05) is 19.8 Å². The van der Waals surface area contributed by atoms with Gasteiger partial charge in [-0.1, -0.05) is 26.8 Å². The molecule has 7 nitrogen and oxygen atoms in total. The van der Waals surface area contributed by atoms with Gasteiger partial charge in [0.15, 0.2) is 6.10 Å².